The maximum Gasteiger partial charge on any atom is 0.151 e. The van der Waals surface area contributed by atoms with E-state index >= 15 is 0 Å². The maximum absolute atomic E-state index is 11.5. The van der Waals surface area contributed by atoms with E-state index in [1.54, 1.807) is 11.8 Å². The molecule has 5 heteroatoms. The lowest BCUT2D eigenvalue weighted by Crippen LogP contribution is -2.45. The van der Waals surface area contributed by atoms with Crippen molar-refractivity contribution in [2.24, 2.45) is 5.92 Å². The molecule has 1 rings (SSSR count). The van der Waals surface area contributed by atoms with Crippen LogP contribution in [0.5, 0.6) is 0 Å². The van der Waals surface area contributed by atoms with E-state index in [0.29, 0.717) is 17.4 Å². The highest BCUT2D eigenvalue weighted by Gasteiger charge is 2.23. The van der Waals surface area contributed by atoms with Gasteiger partial charge < -0.3 is 5.32 Å². The minimum atomic E-state index is -2.77. The lowest BCUT2D eigenvalue weighted by molar-refractivity contribution is 0.378. The fourth-order valence-electron chi connectivity index (χ4n) is 1.24. The normalized spacial score (nSPS) is 18.5. The van der Waals surface area contributed by atoms with E-state index in [2.05, 4.69) is 5.32 Å². The predicted molar refractivity (Wildman–Crippen MR) is 58.0 cm³/mol. The Labute approximate surface area is 84.6 Å². The van der Waals surface area contributed by atoms with Gasteiger partial charge in [0.05, 0.1) is 11.5 Å². The summed E-state index contributed by atoms with van der Waals surface area (Å²) in [5.74, 6) is 2.85. The van der Waals surface area contributed by atoms with Gasteiger partial charge in [0, 0.05) is 18.8 Å². The molecule has 13 heavy (non-hydrogen) atoms. The van der Waals surface area contributed by atoms with Gasteiger partial charge in [-0.1, -0.05) is 6.92 Å². The van der Waals surface area contributed by atoms with Gasteiger partial charge in [-0.2, -0.15) is 11.8 Å². The molecule has 0 aliphatic carbocycles. The van der Waals surface area contributed by atoms with Crippen molar-refractivity contribution in [3.63, 3.8) is 0 Å². The summed E-state index contributed by atoms with van der Waals surface area (Å²) in [6.45, 7) is 3.80. The zero-order valence-corrected chi connectivity index (χ0v) is 9.59. The van der Waals surface area contributed by atoms with Crippen molar-refractivity contribution in [1.82, 2.24) is 5.32 Å². The Morgan fingerprint density at radius 2 is 2.15 bits per heavy atom. The van der Waals surface area contributed by atoms with Crippen LogP contribution in [-0.4, -0.2) is 44.5 Å². The minimum absolute atomic E-state index is 0.349. The summed E-state index contributed by atoms with van der Waals surface area (Å²) in [4.78, 5) is 0. The first kappa shape index (κ1) is 11.3. The average molecular weight is 223 g/mol. The van der Waals surface area contributed by atoms with Gasteiger partial charge in [0.2, 0.25) is 0 Å². The molecule has 0 atom stereocenters. The molecular formula is C8H17NO2S2. The van der Waals surface area contributed by atoms with Crippen LogP contribution >= 0.6 is 11.8 Å². The Morgan fingerprint density at radius 1 is 1.46 bits per heavy atom. The Balaban J connectivity index is 2.20. The van der Waals surface area contributed by atoms with E-state index in [1.165, 1.54) is 0 Å². The zero-order chi connectivity index (χ0) is 9.73. The molecule has 0 unspecified atom stereocenters. The van der Waals surface area contributed by atoms with Gasteiger partial charge >= 0.3 is 0 Å². The minimum Gasteiger partial charge on any atom is -0.316 e. The molecule has 1 saturated heterocycles. The molecule has 0 radical (unpaired) electrons. The topological polar surface area (TPSA) is 46.2 Å². The second-order valence-electron chi connectivity index (χ2n) is 3.34. The van der Waals surface area contributed by atoms with Crippen molar-refractivity contribution in [3.05, 3.63) is 0 Å². The van der Waals surface area contributed by atoms with Gasteiger partial charge in [-0.05, 0) is 11.7 Å². The third-order valence-corrected chi connectivity index (χ3v) is 5.06. The van der Waals surface area contributed by atoms with E-state index in [0.717, 1.165) is 24.6 Å². The molecule has 3 nitrogen and oxygen atoms in total. The van der Waals surface area contributed by atoms with Crippen LogP contribution in [0.2, 0.25) is 0 Å². The van der Waals surface area contributed by atoms with E-state index < -0.39 is 9.84 Å². The lowest BCUT2D eigenvalue weighted by Gasteiger charge is -2.26. The quantitative estimate of drug-likeness (QED) is 0.661. The molecule has 0 amide bonds. The van der Waals surface area contributed by atoms with Gasteiger partial charge in [0.25, 0.3) is 0 Å². The predicted octanol–water partition coefficient (Wildman–Crippen LogP) is 0.374. The summed E-state index contributed by atoms with van der Waals surface area (Å²) < 4.78 is 22.9. The standard InChI is InChI=1S/C8H17NO2S2/c1-2-12-3-4-13(10,11)7-8-5-9-6-8/h8-9H,2-7H2,1H3. The highest BCUT2D eigenvalue weighted by molar-refractivity contribution is 8.00. The van der Waals surface area contributed by atoms with Crippen LogP contribution < -0.4 is 5.32 Å². The molecule has 0 bridgehead atoms. The van der Waals surface area contributed by atoms with Gasteiger partial charge in [-0.3, -0.25) is 0 Å². The van der Waals surface area contributed by atoms with Crippen LogP contribution in [0.4, 0.5) is 0 Å². The smallest absolute Gasteiger partial charge is 0.151 e. The van der Waals surface area contributed by atoms with E-state index in [9.17, 15) is 8.42 Å². The second-order valence-corrected chi connectivity index (χ2v) is 6.96. The van der Waals surface area contributed by atoms with Crippen molar-refractivity contribution in [2.75, 3.05) is 36.1 Å². The number of thioether (sulfide) groups is 1. The van der Waals surface area contributed by atoms with Crippen LogP contribution in [0.1, 0.15) is 6.92 Å². The summed E-state index contributed by atoms with van der Waals surface area (Å²) in [5.41, 5.74) is 0. The van der Waals surface area contributed by atoms with Crippen molar-refractivity contribution >= 4 is 21.6 Å². The molecule has 0 spiro atoms. The summed E-state index contributed by atoms with van der Waals surface area (Å²) >= 11 is 1.69. The summed E-state index contributed by atoms with van der Waals surface area (Å²) in [6.07, 6.45) is 0. The van der Waals surface area contributed by atoms with E-state index in [4.69, 9.17) is 0 Å². The van der Waals surface area contributed by atoms with Crippen molar-refractivity contribution in [3.8, 4) is 0 Å². The van der Waals surface area contributed by atoms with E-state index in [-0.39, 0.29) is 0 Å². The Kier molecular flexibility index (Phi) is 4.55. The molecule has 0 aromatic carbocycles. The van der Waals surface area contributed by atoms with Gasteiger partial charge in [-0.15, -0.1) is 0 Å². The van der Waals surface area contributed by atoms with Crippen LogP contribution in [0.3, 0.4) is 0 Å². The second kappa shape index (κ2) is 5.22. The van der Waals surface area contributed by atoms with Crippen LogP contribution in [0.25, 0.3) is 0 Å². The first-order valence-corrected chi connectivity index (χ1v) is 7.60. The van der Waals surface area contributed by atoms with Gasteiger partial charge in [0.15, 0.2) is 9.84 Å². The average Bonchev–Trinajstić information content (AvgIpc) is 1.98. The Morgan fingerprint density at radius 3 is 2.62 bits per heavy atom. The summed E-state index contributed by atoms with van der Waals surface area (Å²) in [6, 6.07) is 0. The van der Waals surface area contributed by atoms with Crippen molar-refractivity contribution in [2.45, 2.75) is 6.92 Å². The Bertz CT molecular complexity index is 235. The number of hydrogen-bond acceptors (Lipinski definition) is 4. The number of rotatable bonds is 6. The van der Waals surface area contributed by atoms with Gasteiger partial charge in [-0.25, -0.2) is 8.42 Å². The van der Waals surface area contributed by atoms with Crippen molar-refractivity contribution in [1.29, 1.82) is 0 Å². The molecule has 1 heterocycles. The third kappa shape index (κ3) is 4.33. The maximum atomic E-state index is 11.5. The molecule has 1 N–H and O–H groups in total. The van der Waals surface area contributed by atoms with Gasteiger partial charge in [0.1, 0.15) is 0 Å². The van der Waals surface area contributed by atoms with Crippen LogP contribution in [-0.2, 0) is 9.84 Å². The summed E-state index contributed by atoms with van der Waals surface area (Å²) in [5, 5.41) is 3.08. The molecule has 0 saturated carbocycles. The van der Waals surface area contributed by atoms with Crippen LogP contribution in [0.15, 0.2) is 0 Å². The number of sulfone groups is 1. The molecule has 1 aliphatic heterocycles. The Hall–Kier alpha value is 0.260. The monoisotopic (exact) mass is 223 g/mol. The number of hydrogen-bond donors (Lipinski definition) is 1. The fraction of sp³-hybridized carbons (Fsp3) is 1.00. The highest BCUT2D eigenvalue weighted by atomic mass is 32.2. The number of nitrogens with one attached hydrogen (secondary N) is 1. The summed E-state index contributed by atoms with van der Waals surface area (Å²) in [7, 11) is -2.77. The first-order valence-electron chi connectivity index (χ1n) is 4.63. The fourth-order valence-corrected chi connectivity index (χ4v) is 4.14. The molecule has 1 aliphatic rings. The molecule has 78 valence electrons. The third-order valence-electron chi connectivity index (χ3n) is 2.10. The molecule has 0 aromatic heterocycles. The molecular weight excluding hydrogens is 206 g/mol. The lowest BCUT2D eigenvalue weighted by atomic mass is 10.1. The molecule has 1 fully saturated rings. The SMILES string of the molecule is CCSCCS(=O)(=O)CC1CNC1. The largest absolute Gasteiger partial charge is 0.316 e. The van der Waals surface area contributed by atoms with Crippen molar-refractivity contribution < 1.29 is 8.42 Å². The molecule has 0 aromatic rings. The van der Waals surface area contributed by atoms with E-state index in [1.807, 2.05) is 6.92 Å². The zero-order valence-electron chi connectivity index (χ0n) is 7.95. The highest BCUT2D eigenvalue weighted by Crippen LogP contribution is 2.09. The first-order chi connectivity index (χ1) is 6.14. The van der Waals surface area contributed by atoms with Crippen LogP contribution in [0, 0.1) is 5.92 Å².